The van der Waals surface area contributed by atoms with Gasteiger partial charge in [0.2, 0.25) is 5.91 Å². The number of hydrogen-bond donors (Lipinski definition) is 2. The first kappa shape index (κ1) is 25.5. The fourth-order valence-corrected chi connectivity index (χ4v) is 4.19. The van der Waals surface area contributed by atoms with Gasteiger partial charge in [-0.25, -0.2) is 0 Å². The molecule has 168 valence electrons. The summed E-state index contributed by atoms with van der Waals surface area (Å²) in [5.74, 6) is 0.144. The molecule has 0 saturated heterocycles. The molecule has 2 aromatic rings. The van der Waals surface area contributed by atoms with Crippen LogP contribution in [0.5, 0.6) is 0 Å². The number of rotatable bonds is 11. The Labute approximate surface area is 196 Å². The number of aliphatic hydroxyl groups excluding tert-OH is 1. The summed E-state index contributed by atoms with van der Waals surface area (Å²) in [6.45, 7) is 9.74. The number of hydrogen-bond acceptors (Lipinski definition) is 2. The van der Waals surface area contributed by atoms with E-state index >= 15 is 0 Å². The van der Waals surface area contributed by atoms with E-state index < -0.39 is 5.41 Å². The van der Waals surface area contributed by atoms with Crippen LogP contribution in [0.25, 0.3) is 0 Å². The molecule has 0 bridgehead atoms. The van der Waals surface area contributed by atoms with Crippen molar-refractivity contribution in [2.75, 3.05) is 6.61 Å². The van der Waals surface area contributed by atoms with Crippen LogP contribution in [0, 0.1) is 11.3 Å². The highest BCUT2D eigenvalue weighted by Crippen LogP contribution is 2.38. The number of carbonyl (C=O) groups is 1. The lowest BCUT2D eigenvalue weighted by Crippen LogP contribution is -2.48. The van der Waals surface area contributed by atoms with Gasteiger partial charge in [-0.15, -0.1) is 6.58 Å². The first-order valence-electron chi connectivity index (χ1n) is 10.7. The molecule has 31 heavy (non-hydrogen) atoms. The van der Waals surface area contributed by atoms with Gasteiger partial charge in [0.05, 0.1) is 18.1 Å². The minimum absolute atomic E-state index is 0.0664. The molecule has 0 aliphatic heterocycles. The molecule has 0 aliphatic carbocycles. The van der Waals surface area contributed by atoms with Crippen LogP contribution in [-0.2, 0) is 11.2 Å². The third-order valence-corrected chi connectivity index (χ3v) is 6.36. The lowest BCUT2D eigenvalue weighted by molar-refractivity contribution is -0.132. The lowest BCUT2D eigenvalue weighted by atomic mass is 9.73. The summed E-state index contributed by atoms with van der Waals surface area (Å²) in [5, 5.41) is 14.1. The molecule has 3 atom stereocenters. The summed E-state index contributed by atoms with van der Waals surface area (Å²) in [6.07, 6.45) is 3.70. The van der Waals surface area contributed by atoms with Crippen molar-refractivity contribution in [3.8, 4) is 0 Å². The molecule has 2 rings (SSSR count). The highest BCUT2D eigenvalue weighted by molar-refractivity contribution is 6.30. The molecule has 0 unspecified atom stereocenters. The first-order chi connectivity index (χ1) is 14.7. The van der Waals surface area contributed by atoms with Crippen LogP contribution in [0.15, 0.2) is 61.2 Å². The number of benzene rings is 2. The van der Waals surface area contributed by atoms with Crippen LogP contribution in [0.1, 0.15) is 50.7 Å². The van der Waals surface area contributed by atoms with Crippen LogP contribution in [0.3, 0.4) is 0 Å². The van der Waals surface area contributed by atoms with Gasteiger partial charge in [-0.1, -0.05) is 74.3 Å². The van der Waals surface area contributed by atoms with E-state index in [2.05, 4.69) is 18.0 Å². The molecule has 0 radical (unpaired) electrons. The SMILES string of the molecule is C=CC[C@@](C)(C[C@@H](Cc1ccc(Cl)cc1)c1cccc(Cl)c1)C(=O)N[C@H](CO)C(C)C. The number of aliphatic hydroxyl groups is 1. The van der Waals surface area contributed by atoms with Gasteiger partial charge in [0, 0.05) is 10.0 Å². The van der Waals surface area contributed by atoms with Gasteiger partial charge in [0.15, 0.2) is 0 Å². The van der Waals surface area contributed by atoms with Crippen LogP contribution >= 0.6 is 23.2 Å². The largest absolute Gasteiger partial charge is 0.394 e. The van der Waals surface area contributed by atoms with E-state index in [9.17, 15) is 9.90 Å². The van der Waals surface area contributed by atoms with E-state index in [1.807, 2.05) is 63.2 Å². The van der Waals surface area contributed by atoms with Crippen molar-refractivity contribution in [1.82, 2.24) is 5.32 Å². The van der Waals surface area contributed by atoms with E-state index in [4.69, 9.17) is 23.2 Å². The second-order valence-electron chi connectivity index (χ2n) is 8.85. The standard InChI is InChI=1S/C26H33Cl2NO2/c1-5-13-26(4,25(31)29-24(17-30)18(2)3)16-21(20-7-6-8-23(28)15-20)14-19-9-11-22(27)12-10-19/h5-12,15,18,21,24,30H,1,13-14,16-17H2,2-4H3,(H,29,31)/t21-,24-,26+/m1/s1. The average molecular weight is 462 g/mol. The van der Waals surface area contributed by atoms with Gasteiger partial charge in [0.25, 0.3) is 0 Å². The van der Waals surface area contributed by atoms with Crippen LogP contribution in [0.4, 0.5) is 0 Å². The summed E-state index contributed by atoms with van der Waals surface area (Å²) in [5.41, 5.74) is 1.56. The van der Waals surface area contributed by atoms with Gasteiger partial charge in [-0.2, -0.15) is 0 Å². The first-order valence-corrected chi connectivity index (χ1v) is 11.5. The zero-order valence-electron chi connectivity index (χ0n) is 18.6. The highest BCUT2D eigenvalue weighted by Gasteiger charge is 2.36. The minimum atomic E-state index is -0.677. The maximum absolute atomic E-state index is 13.3. The molecule has 0 saturated carbocycles. The zero-order chi connectivity index (χ0) is 23.0. The summed E-state index contributed by atoms with van der Waals surface area (Å²) >= 11 is 12.4. The molecule has 0 aliphatic rings. The predicted octanol–water partition coefficient (Wildman–Crippen LogP) is 6.43. The van der Waals surface area contributed by atoms with E-state index in [-0.39, 0.29) is 30.4 Å². The van der Waals surface area contributed by atoms with Crippen molar-refractivity contribution >= 4 is 29.1 Å². The maximum atomic E-state index is 13.3. The number of amides is 1. The topological polar surface area (TPSA) is 49.3 Å². The molecular formula is C26H33Cl2NO2. The Hall–Kier alpha value is -1.81. The Kier molecular flexibility index (Phi) is 9.61. The van der Waals surface area contributed by atoms with Crippen molar-refractivity contribution in [1.29, 1.82) is 0 Å². The van der Waals surface area contributed by atoms with Crippen molar-refractivity contribution in [3.05, 3.63) is 82.4 Å². The van der Waals surface area contributed by atoms with E-state index in [1.165, 1.54) is 0 Å². The fraction of sp³-hybridized carbons (Fsp3) is 0.423. The maximum Gasteiger partial charge on any atom is 0.226 e. The van der Waals surface area contributed by atoms with Gasteiger partial charge < -0.3 is 10.4 Å². The Bertz CT molecular complexity index is 866. The van der Waals surface area contributed by atoms with E-state index in [0.29, 0.717) is 22.9 Å². The van der Waals surface area contributed by atoms with Crippen LogP contribution in [0.2, 0.25) is 10.0 Å². The van der Waals surface area contributed by atoms with Crippen molar-refractivity contribution in [2.45, 2.75) is 52.0 Å². The highest BCUT2D eigenvalue weighted by atomic mass is 35.5. The lowest BCUT2D eigenvalue weighted by Gasteiger charge is -2.34. The summed E-state index contributed by atoms with van der Waals surface area (Å²) in [7, 11) is 0. The molecule has 0 fully saturated rings. The molecule has 2 aromatic carbocycles. The average Bonchev–Trinajstić information content (AvgIpc) is 2.72. The Morgan fingerprint density at radius 3 is 2.39 bits per heavy atom. The quantitative estimate of drug-likeness (QED) is 0.379. The molecule has 3 nitrogen and oxygen atoms in total. The molecule has 2 N–H and O–H groups in total. The molecular weight excluding hydrogens is 429 g/mol. The summed E-state index contributed by atoms with van der Waals surface area (Å²) in [6, 6.07) is 15.4. The van der Waals surface area contributed by atoms with Gasteiger partial charge in [-0.3, -0.25) is 4.79 Å². The number of allylic oxidation sites excluding steroid dienone is 1. The number of halogens is 2. The summed E-state index contributed by atoms with van der Waals surface area (Å²) < 4.78 is 0. The number of carbonyl (C=O) groups excluding carboxylic acids is 1. The Morgan fingerprint density at radius 2 is 1.84 bits per heavy atom. The molecule has 5 heteroatoms. The van der Waals surface area contributed by atoms with Gasteiger partial charge >= 0.3 is 0 Å². The predicted molar refractivity (Wildman–Crippen MR) is 131 cm³/mol. The molecule has 0 spiro atoms. The van der Waals surface area contributed by atoms with Crippen LogP contribution < -0.4 is 5.32 Å². The van der Waals surface area contributed by atoms with Crippen molar-refractivity contribution < 1.29 is 9.90 Å². The molecule has 1 amide bonds. The van der Waals surface area contributed by atoms with E-state index in [0.717, 1.165) is 17.5 Å². The Balaban J connectivity index is 2.36. The zero-order valence-corrected chi connectivity index (χ0v) is 20.1. The molecule has 0 heterocycles. The smallest absolute Gasteiger partial charge is 0.226 e. The Morgan fingerprint density at radius 1 is 1.16 bits per heavy atom. The second kappa shape index (κ2) is 11.7. The minimum Gasteiger partial charge on any atom is -0.394 e. The molecule has 0 aromatic heterocycles. The van der Waals surface area contributed by atoms with Crippen molar-refractivity contribution in [3.63, 3.8) is 0 Å². The normalized spacial score (nSPS) is 15.2. The third kappa shape index (κ3) is 7.38. The van der Waals surface area contributed by atoms with Crippen molar-refractivity contribution in [2.24, 2.45) is 11.3 Å². The van der Waals surface area contributed by atoms with Gasteiger partial charge in [0.1, 0.15) is 0 Å². The van der Waals surface area contributed by atoms with E-state index in [1.54, 1.807) is 6.08 Å². The second-order valence-corrected chi connectivity index (χ2v) is 9.72. The third-order valence-electron chi connectivity index (χ3n) is 5.87. The monoisotopic (exact) mass is 461 g/mol. The number of nitrogens with one attached hydrogen (secondary N) is 1. The summed E-state index contributed by atoms with van der Waals surface area (Å²) in [4.78, 5) is 13.3. The van der Waals surface area contributed by atoms with Crippen LogP contribution in [-0.4, -0.2) is 23.7 Å². The fourth-order valence-electron chi connectivity index (χ4n) is 3.87. The van der Waals surface area contributed by atoms with Gasteiger partial charge in [-0.05, 0) is 66.5 Å².